The summed E-state index contributed by atoms with van der Waals surface area (Å²) in [7, 11) is 0. The van der Waals surface area contributed by atoms with E-state index in [0.29, 0.717) is 24.6 Å². The molecule has 0 aliphatic rings. The minimum atomic E-state index is -0.385. The molecule has 4 heteroatoms. The molecule has 3 nitrogen and oxygen atoms in total. The van der Waals surface area contributed by atoms with Gasteiger partial charge in [0.15, 0.2) is 0 Å². The van der Waals surface area contributed by atoms with Crippen molar-refractivity contribution in [2.75, 3.05) is 12.5 Å². The minimum absolute atomic E-state index is 0.373. The molecule has 0 saturated carbocycles. The molecular weight excluding hydrogens is 178 g/mol. The number of hydrogen-bond donors (Lipinski definition) is 1. The maximum absolute atomic E-state index is 10.8. The van der Waals surface area contributed by atoms with Gasteiger partial charge < -0.3 is 10.5 Å². The average Bonchev–Trinajstić information content (AvgIpc) is 2.01. The van der Waals surface area contributed by atoms with Crippen LogP contribution in [0.5, 0.6) is 0 Å². The number of nitrogens with two attached hydrogens (primary N) is 1. The van der Waals surface area contributed by atoms with E-state index in [4.69, 9.17) is 17.3 Å². The van der Waals surface area contributed by atoms with Gasteiger partial charge in [0.2, 0.25) is 0 Å². The minimum Gasteiger partial charge on any atom is -0.463 e. The van der Waals surface area contributed by atoms with E-state index in [-0.39, 0.29) is 5.97 Å². The second kappa shape index (κ2) is 6.98. The van der Waals surface area contributed by atoms with E-state index in [1.807, 2.05) is 0 Å². The lowest BCUT2D eigenvalue weighted by molar-refractivity contribution is -0.137. The molecule has 0 fully saturated rings. The molecule has 2 N–H and O–H groups in total. The molecule has 0 aliphatic heterocycles. The zero-order valence-electron chi connectivity index (χ0n) is 7.18. The highest BCUT2D eigenvalue weighted by Gasteiger charge is 1.97. The summed E-state index contributed by atoms with van der Waals surface area (Å²) in [5.74, 6) is 0.168. The van der Waals surface area contributed by atoms with Gasteiger partial charge in [0.25, 0.3) is 0 Å². The molecule has 0 heterocycles. The Balaban J connectivity index is 3.72. The number of hydrogen-bond acceptors (Lipinski definition) is 3. The molecule has 0 aromatic heterocycles. The number of allylic oxidation sites excluding steroid dienone is 1. The van der Waals surface area contributed by atoms with Gasteiger partial charge in [0.05, 0.1) is 6.61 Å². The van der Waals surface area contributed by atoms with Gasteiger partial charge in [-0.05, 0) is 19.8 Å². The molecule has 0 radical (unpaired) electrons. The monoisotopic (exact) mass is 191 g/mol. The molecule has 0 aromatic carbocycles. The SMILES string of the molecule is CCOC(=O)C=C(N)CCCCl. The van der Waals surface area contributed by atoms with Crippen molar-refractivity contribution in [3.05, 3.63) is 11.8 Å². The van der Waals surface area contributed by atoms with Crippen LogP contribution in [0.4, 0.5) is 0 Å². The van der Waals surface area contributed by atoms with E-state index in [1.165, 1.54) is 6.08 Å². The van der Waals surface area contributed by atoms with Crippen molar-refractivity contribution in [1.82, 2.24) is 0 Å². The Morgan fingerprint density at radius 3 is 2.83 bits per heavy atom. The van der Waals surface area contributed by atoms with Gasteiger partial charge in [0, 0.05) is 17.7 Å². The normalized spacial score (nSPS) is 11.3. The largest absolute Gasteiger partial charge is 0.463 e. The highest BCUT2D eigenvalue weighted by atomic mass is 35.5. The first kappa shape index (κ1) is 11.3. The molecule has 0 aliphatic carbocycles. The van der Waals surface area contributed by atoms with Crippen LogP contribution in [0, 0.1) is 0 Å². The maximum atomic E-state index is 10.8. The lowest BCUT2D eigenvalue weighted by Gasteiger charge is -1.99. The molecule has 0 rings (SSSR count). The molecule has 0 spiro atoms. The Hall–Kier alpha value is -0.700. The van der Waals surface area contributed by atoms with E-state index in [2.05, 4.69) is 4.74 Å². The summed E-state index contributed by atoms with van der Waals surface area (Å²) in [6.07, 6.45) is 2.72. The fourth-order valence-electron chi connectivity index (χ4n) is 0.678. The third-order valence-corrected chi connectivity index (χ3v) is 1.46. The molecule has 0 aromatic rings. The van der Waals surface area contributed by atoms with Gasteiger partial charge in [-0.25, -0.2) is 4.79 Å². The number of alkyl halides is 1. The lowest BCUT2D eigenvalue weighted by atomic mass is 10.2. The summed E-state index contributed by atoms with van der Waals surface area (Å²) in [6, 6.07) is 0. The van der Waals surface area contributed by atoms with E-state index in [9.17, 15) is 4.79 Å². The summed E-state index contributed by atoms with van der Waals surface area (Å²) >= 11 is 5.44. The topological polar surface area (TPSA) is 52.3 Å². The Morgan fingerprint density at radius 2 is 2.33 bits per heavy atom. The van der Waals surface area contributed by atoms with Crippen molar-refractivity contribution in [2.24, 2.45) is 5.73 Å². The predicted octanol–water partition coefficient (Wildman–Crippen LogP) is 1.41. The Bertz CT molecular complexity index is 168. The third kappa shape index (κ3) is 6.04. The van der Waals surface area contributed by atoms with Crippen LogP contribution in [-0.2, 0) is 9.53 Å². The third-order valence-electron chi connectivity index (χ3n) is 1.19. The Morgan fingerprint density at radius 1 is 1.67 bits per heavy atom. The van der Waals surface area contributed by atoms with Crippen molar-refractivity contribution in [2.45, 2.75) is 19.8 Å². The fraction of sp³-hybridized carbons (Fsp3) is 0.625. The van der Waals surface area contributed by atoms with Crippen molar-refractivity contribution < 1.29 is 9.53 Å². The van der Waals surface area contributed by atoms with Crippen LogP contribution < -0.4 is 5.73 Å². The first-order valence-electron chi connectivity index (χ1n) is 3.89. The van der Waals surface area contributed by atoms with Gasteiger partial charge in [-0.1, -0.05) is 0 Å². The van der Waals surface area contributed by atoms with Crippen molar-refractivity contribution in [1.29, 1.82) is 0 Å². The van der Waals surface area contributed by atoms with Crippen LogP contribution in [-0.4, -0.2) is 18.5 Å². The van der Waals surface area contributed by atoms with Crippen LogP contribution in [0.3, 0.4) is 0 Å². The van der Waals surface area contributed by atoms with Gasteiger partial charge in [0.1, 0.15) is 0 Å². The summed E-state index contributed by atoms with van der Waals surface area (Å²) in [4.78, 5) is 10.8. The van der Waals surface area contributed by atoms with Crippen LogP contribution in [0.15, 0.2) is 11.8 Å². The van der Waals surface area contributed by atoms with E-state index in [1.54, 1.807) is 6.92 Å². The number of halogens is 1. The standard InChI is InChI=1S/C8H14ClNO2/c1-2-12-8(11)6-7(10)4-3-5-9/h6H,2-5,10H2,1H3. The Kier molecular flexibility index (Phi) is 6.57. The van der Waals surface area contributed by atoms with Crippen LogP contribution >= 0.6 is 11.6 Å². The van der Waals surface area contributed by atoms with E-state index in [0.717, 1.165) is 6.42 Å². The van der Waals surface area contributed by atoms with Gasteiger partial charge in [-0.15, -0.1) is 11.6 Å². The molecule has 0 unspecified atom stereocenters. The number of esters is 1. The summed E-state index contributed by atoms with van der Waals surface area (Å²) in [5, 5.41) is 0. The molecule has 0 bridgehead atoms. The predicted molar refractivity (Wildman–Crippen MR) is 48.9 cm³/mol. The fourth-order valence-corrected chi connectivity index (χ4v) is 0.812. The zero-order valence-corrected chi connectivity index (χ0v) is 7.93. The molecule has 70 valence electrons. The van der Waals surface area contributed by atoms with Crippen LogP contribution in [0.25, 0.3) is 0 Å². The summed E-state index contributed by atoms with van der Waals surface area (Å²) in [5.41, 5.74) is 6.01. The van der Waals surface area contributed by atoms with Crippen molar-refractivity contribution in [3.63, 3.8) is 0 Å². The molecular formula is C8H14ClNO2. The van der Waals surface area contributed by atoms with E-state index < -0.39 is 0 Å². The van der Waals surface area contributed by atoms with Crippen molar-refractivity contribution >= 4 is 17.6 Å². The molecule has 0 amide bonds. The van der Waals surface area contributed by atoms with Crippen LogP contribution in [0.2, 0.25) is 0 Å². The summed E-state index contributed by atoms with van der Waals surface area (Å²) < 4.78 is 4.66. The molecule has 0 atom stereocenters. The summed E-state index contributed by atoms with van der Waals surface area (Å²) in [6.45, 7) is 2.12. The van der Waals surface area contributed by atoms with Crippen LogP contribution in [0.1, 0.15) is 19.8 Å². The number of carbonyl (C=O) groups excluding carboxylic acids is 1. The average molecular weight is 192 g/mol. The zero-order chi connectivity index (χ0) is 9.40. The number of carbonyl (C=O) groups is 1. The van der Waals surface area contributed by atoms with Gasteiger partial charge >= 0.3 is 5.97 Å². The first-order valence-corrected chi connectivity index (χ1v) is 4.43. The second-order valence-electron chi connectivity index (χ2n) is 2.26. The first-order chi connectivity index (χ1) is 5.70. The number of ether oxygens (including phenoxy) is 1. The highest BCUT2D eigenvalue weighted by Crippen LogP contribution is 1.99. The second-order valence-corrected chi connectivity index (χ2v) is 2.64. The highest BCUT2D eigenvalue weighted by molar-refractivity contribution is 6.17. The molecule has 12 heavy (non-hydrogen) atoms. The number of rotatable bonds is 5. The van der Waals surface area contributed by atoms with E-state index >= 15 is 0 Å². The smallest absolute Gasteiger partial charge is 0.332 e. The molecule has 0 saturated heterocycles. The lowest BCUT2D eigenvalue weighted by Crippen LogP contribution is -2.05. The Labute approximate surface area is 77.5 Å². The van der Waals surface area contributed by atoms with Gasteiger partial charge in [-0.3, -0.25) is 0 Å². The maximum Gasteiger partial charge on any atom is 0.332 e. The van der Waals surface area contributed by atoms with Crippen molar-refractivity contribution in [3.8, 4) is 0 Å². The van der Waals surface area contributed by atoms with Gasteiger partial charge in [-0.2, -0.15) is 0 Å². The quantitative estimate of drug-likeness (QED) is 0.406.